The molecule has 1 fully saturated rings. The van der Waals surface area contributed by atoms with Gasteiger partial charge in [0, 0.05) is 24.6 Å². The third-order valence-electron chi connectivity index (χ3n) is 5.90. The molecule has 0 aliphatic carbocycles. The fourth-order valence-corrected chi connectivity index (χ4v) is 4.96. The number of rotatable bonds is 8. The van der Waals surface area contributed by atoms with Crippen molar-refractivity contribution in [3.63, 3.8) is 0 Å². The van der Waals surface area contributed by atoms with E-state index in [2.05, 4.69) is 5.32 Å². The largest absolute Gasteiger partial charge is 0.352 e. The molecule has 1 aliphatic heterocycles. The highest BCUT2D eigenvalue weighted by Crippen LogP contribution is 2.39. The van der Waals surface area contributed by atoms with Crippen LogP contribution in [0.25, 0.3) is 0 Å². The number of hydrogen-bond acceptors (Lipinski definition) is 3. The number of carbonyl (C=O) groups excluding carboxylic acids is 2. The fourth-order valence-electron chi connectivity index (χ4n) is 4.27. The monoisotopic (exact) mass is 493 g/mol. The zero-order valence-electron chi connectivity index (χ0n) is 19.2. The molecule has 178 valence electrons. The van der Waals surface area contributed by atoms with E-state index in [0.717, 1.165) is 13.0 Å². The van der Waals surface area contributed by atoms with Crippen molar-refractivity contribution in [1.29, 1.82) is 0 Å². The van der Waals surface area contributed by atoms with Crippen molar-refractivity contribution in [2.45, 2.75) is 26.2 Å². The van der Waals surface area contributed by atoms with Gasteiger partial charge in [-0.05, 0) is 69.6 Å². The van der Waals surface area contributed by atoms with Gasteiger partial charge in [-0.1, -0.05) is 48.3 Å². The number of benzene rings is 2. The highest BCUT2D eigenvalue weighted by molar-refractivity contribution is 6.40. The number of piperidine rings is 1. The van der Waals surface area contributed by atoms with E-state index in [-0.39, 0.29) is 39.5 Å². The van der Waals surface area contributed by atoms with Crippen LogP contribution in [0.2, 0.25) is 10.0 Å². The Bertz CT molecular complexity index is 992. The van der Waals surface area contributed by atoms with E-state index in [9.17, 15) is 14.0 Å². The van der Waals surface area contributed by atoms with E-state index in [0.29, 0.717) is 42.7 Å². The summed E-state index contributed by atoms with van der Waals surface area (Å²) in [6.45, 7) is 3.64. The zero-order chi connectivity index (χ0) is 24.1. The minimum Gasteiger partial charge on any atom is -0.352 e. The average Bonchev–Trinajstić information content (AvgIpc) is 2.75. The molecule has 5 nitrogen and oxygen atoms in total. The maximum Gasteiger partial charge on any atom is 0.251 e. The van der Waals surface area contributed by atoms with Crippen LogP contribution in [-0.4, -0.2) is 50.4 Å². The first-order chi connectivity index (χ1) is 15.7. The number of nitrogens with zero attached hydrogens (tertiary/aromatic N) is 2. The normalized spacial score (nSPS) is 18.6. The molecule has 2 aromatic rings. The third-order valence-corrected chi connectivity index (χ3v) is 6.47. The Morgan fingerprint density at radius 2 is 1.88 bits per heavy atom. The first kappa shape index (κ1) is 25.5. The van der Waals surface area contributed by atoms with Gasteiger partial charge in [-0.15, -0.1) is 0 Å². The second kappa shape index (κ2) is 11.3. The number of amides is 2. The maximum atomic E-state index is 14.2. The summed E-state index contributed by atoms with van der Waals surface area (Å²) in [5.41, 5.74) is 1.37. The summed E-state index contributed by atoms with van der Waals surface area (Å²) in [5, 5.41) is 3.35. The molecule has 0 unspecified atom stereocenters. The first-order valence-corrected chi connectivity index (χ1v) is 11.9. The molecule has 2 amide bonds. The summed E-state index contributed by atoms with van der Waals surface area (Å²) < 4.78 is 14.2. The molecular formula is C25H30Cl2FN3O2. The van der Waals surface area contributed by atoms with Gasteiger partial charge in [0.15, 0.2) is 0 Å². The van der Waals surface area contributed by atoms with Crippen molar-refractivity contribution >= 4 is 40.7 Å². The van der Waals surface area contributed by atoms with Crippen LogP contribution in [0.15, 0.2) is 36.4 Å². The van der Waals surface area contributed by atoms with Crippen molar-refractivity contribution in [1.82, 2.24) is 10.2 Å². The van der Waals surface area contributed by atoms with Gasteiger partial charge in [0.2, 0.25) is 5.91 Å². The molecule has 8 heteroatoms. The molecule has 1 N–H and O–H groups in total. The van der Waals surface area contributed by atoms with Crippen LogP contribution in [0.5, 0.6) is 0 Å². The van der Waals surface area contributed by atoms with Crippen molar-refractivity contribution in [2.75, 3.05) is 38.6 Å². The Kier molecular flexibility index (Phi) is 8.74. The maximum absolute atomic E-state index is 14.2. The van der Waals surface area contributed by atoms with Gasteiger partial charge >= 0.3 is 0 Å². The number of halogens is 3. The van der Waals surface area contributed by atoms with E-state index in [1.807, 2.05) is 32.0 Å². The molecule has 3 rings (SSSR count). The van der Waals surface area contributed by atoms with Crippen LogP contribution in [0.1, 0.15) is 35.7 Å². The van der Waals surface area contributed by atoms with Crippen LogP contribution in [0.3, 0.4) is 0 Å². The molecule has 2 atom stereocenters. The highest BCUT2D eigenvalue weighted by Gasteiger charge is 2.35. The topological polar surface area (TPSA) is 52.7 Å². The molecule has 2 aromatic carbocycles. The van der Waals surface area contributed by atoms with Gasteiger partial charge in [0.05, 0.1) is 15.7 Å². The summed E-state index contributed by atoms with van der Waals surface area (Å²) in [4.78, 5) is 29.2. The van der Waals surface area contributed by atoms with E-state index in [1.54, 1.807) is 29.2 Å². The molecule has 1 saturated heterocycles. The minimum atomic E-state index is -0.264. The SMILES string of the molecule is C[C@@H]1C[C@H](Cc2ccccc2F)CN(c2c(Cl)cc(C(=O)NCCCN(C)C)cc2Cl)C1=O. The smallest absolute Gasteiger partial charge is 0.251 e. The van der Waals surface area contributed by atoms with E-state index in [1.165, 1.54) is 6.07 Å². The van der Waals surface area contributed by atoms with Gasteiger partial charge in [0.25, 0.3) is 5.91 Å². The molecule has 0 saturated carbocycles. The Balaban J connectivity index is 1.77. The van der Waals surface area contributed by atoms with Gasteiger partial charge < -0.3 is 15.1 Å². The van der Waals surface area contributed by atoms with Crippen LogP contribution in [-0.2, 0) is 11.2 Å². The molecular weight excluding hydrogens is 464 g/mol. The first-order valence-electron chi connectivity index (χ1n) is 11.1. The second-order valence-electron chi connectivity index (χ2n) is 8.95. The van der Waals surface area contributed by atoms with Crippen molar-refractivity contribution in [3.05, 3.63) is 63.4 Å². The predicted molar refractivity (Wildman–Crippen MR) is 132 cm³/mol. The number of anilines is 1. The molecule has 0 radical (unpaired) electrons. The van der Waals surface area contributed by atoms with Crippen molar-refractivity contribution in [3.8, 4) is 0 Å². The Morgan fingerprint density at radius 3 is 2.52 bits per heavy atom. The Hall–Kier alpha value is -2.15. The van der Waals surface area contributed by atoms with Crippen LogP contribution in [0, 0.1) is 17.7 Å². The quantitative estimate of drug-likeness (QED) is 0.523. The lowest BCUT2D eigenvalue weighted by Crippen LogP contribution is -2.45. The fraction of sp³-hybridized carbons (Fsp3) is 0.440. The summed E-state index contributed by atoms with van der Waals surface area (Å²) in [7, 11) is 3.95. The van der Waals surface area contributed by atoms with E-state index in [4.69, 9.17) is 23.2 Å². The lowest BCUT2D eigenvalue weighted by atomic mass is 9.85. The highest BCUT2D eigenvalue weighted by atomic mass is 35.5. The average molecular weight is 494 g/mol. The van der Waals surface area contributed by atoms with Crippen molar-refractivity contribution in [2.24, 2.45) is 11.8 Å². The van der Waals surface area contributed by atoms with Crippen LogP contribution >= 0.6 is 23.2 Å². The standard InChI is InChI=1S/C25H30Cl2FN3O2/c1-16-11-17(12-18-7-4-5-8-22(18)28)15-31(25(16)33)23-20(26)13-19(14-21(23)27)24(32)29-9-6-10-30(2)3/h4-5,7-8,13-14,16-17H,6,9-12,15H2,1-3H3,(H,29,32)/t16-,17-/m1/s1. The molecule has 0 bridgehead atoms. The summed E-state index contributed by atoms with van der Waals surface area (Å²) in [5.74, 6) is -0.779. The molecule has 33 heavy (non-hydrogen) atoms. The zero-order valence-corrected chi connectivity index (χ0v) is 20.7. The van der Waals surface area contributed by atoms with Gasteiger partial charge in [-0.3, -0.25) is 9.59 Å². The number of nitrogens with one attached hydrogen (secondary N) is 1. The Labute approximate surface area is 204 Å². The lowest BCUT2D eigenvalue weighted by molar-refractivity contribution is -0.124. The van der Waals surface area contributed by atoms with Crippen LogP contribution in [0.4, 0.5) is 10.1 Å². The molecule has 1 aliphatic rings. The van der Waals surface area contributed by atoms with Crippen LogP contribution < -0.4 is 10.2 Å². The predicted octanol–water partition coefficient (Wildman–Crippen LogP) is 5.05. The summed E-state index contributed by atoms with van der Waals surface area (Å²) in [6, 6.07) is 9.78. The minimum absolute atomic E-state index is 0.0569. The van der Waals surface area contributed by atoms with E-state index >= 15 is 0 Å². The second-order valence-corrected chi connectivity index (χ2v) is 9.76. The molecule has 0 aromatic heterocycles. The Morgan fingerprint density at radius 1 is 1.21 bits per heavy atom. The summed E-state index contributed by atoms with van der Waals surface area (Å²) in [6.07, 6.45) is 2.00. The molecule has 1 heterocycles. The van der Waals surface area contributed by atoms with Gasteiger partial charge in [-0.25, -0.2) is 4.39 Å². The number of hydrogen-bond donors (Lipinski definition) is 1. The van der Waals surface area contributed by atoms with Gasteiger partial charge in [-0.2, -0.15) is 0 Å². The molecule has 0 spiro atoms. The lowest BCUT2D eigenvalue weighted by Gasteiger charge is -2.37. The third kappa shape index (κ3) is 6.46. The number of carbonyl (C=O) groups is 2. The van der Waals surface area contributed by atoms with E-state index < -0.39 is 0 Å². The van der Waals surface area contributed by atoms with Crippen molar-refractivity contribution < 1.29 is 14.0 Å². The summed E-state index contributed by atoms with van der Waals surface area (Å²) >= 11 is 13.1. The van der Waals surface area contributed by atoms with Gasteiger partial charge in [0.1, 0.15) is 5.82 Å².